The first-order valence-corrected chi connectivity index (χ1v) is 6.70. The number of guanidine groups is 1. The van der Waals surface area contributed by atoms with E-state index in [0.717, 1.165) is 19.3 Å². The van der Waals surface area contributed by atoms with Gasteiger partial charge in [-0.25, -0.2) is 0 Å². The highest BCUT2D eigenvalue weighted by Crippen LogP contribution is 2.37. The predicted octanol–water partition coefficient (Wildman–Crippen LogP) is 0.903. The molecule has 1 amide bonds. The third-order valence-corrected chi connectivity index (χ3v) is 4.26. The third kappa shape index (κ3) is 2.51. The molecule has 2 aliphatic rings. The Morgan fingerprint density at radius 2 is 2.22 bits per heavy atom. The van der Waals surface area contributed by atoms with Gasteiger partial charge in [0.2, 0.25) is 0 Å². The van der Waals surface area contributed by atoms with E-state index in [1.807, 2.05) is 0 Å². The zero-order valence-corrected chi connectivity index (χ0v) is 11.5. The van der Waals surface area contributed by atoms with E-state index in [1.54, 1.807) is 7.11 Å². The van der Waals surface area contributed by atoms with Crippen molar-refractivity contribution < 1.29 is 9.53 Å². The van der Waals surface area contributed by atoms with Crippen LogP contribution in [0.15, 0.2) is 4.99 Å². The summed E-state index contributed by atoms with van der Waals surface area (Å²) in [7, 11) is 1.65. The van der Waals surface area contributed by atoms with Crippen molar-refractivity contribution in [2.45, 2.75) is 38.6 Å². The quantitative estimate of drug-likeness (QED) is 0.735. The van der Waals surface area contributed by atoms with Crippen LogP contribution >= 0.6 is 0 Å². The first-order chi connectivity index (χ1) is 8.57. The van der Waals surface area contributed by atoms with Crippen molar-refractivity contribution in [1.29, 1.82) is 0 Å². The lowest BCUT2D eigenvalue weighted by Gasteiger charge is -2.38. The average Bonchev–Trinajstić information content (AvgIpc) is 2.62. The molecular formula is C13H23N3O2. The van der Waals surface area contributed by atoms with E-state index in [0.29, 0.717) is 30.9 Å². The van der Waals surface area contributed by atoms with Crippen LogP contribution in [0.1, 0.15) is 33.1 Å². The molecule has 1 saturated heterocycles. The summed E-state index contributed by atoms with van der Waals surface area (Å²) in [4.78, 5) is 16.5. The maximum absolute atomic E-state index is 12.2. The normalized spacial score (nSPS) is 37.9. The lowest BCUT2D eigenvalue weighted by Crippen LogP contribution is -2.51. The molecule has 0 bridgehead atoms. The van der Waals surface area contributed by atoms with Gasteiger partial charge in [-0.2, -0.15) is 0 Å². The Morgan fingerprint density at radius 1 is 1.44 bits per heavy atom. The number of carbonyl (C=O) groups excluding carboxylic acids is 1. The van der Waals surface area contributed by atoms with Crippen LogP contribution in [0, 0.1) is 11.8 Å². The number of hydrogen-bond donors (Lipinski definition) is 2. The van der Waals surface area contributed by atoms with Crippen molar-refractivity contribution in [2.75, 3.05) is 20.3 Å². The maximum Gasteiger partial charge on any atom is 0.252 e. The summed E-state index contributed by atoms with van der Waals surface area (Å²) >= 11 is 0. The molecule has 18 heavy (non-hydrogen) atoms. The fraction of sp³-hybridized carbons (Fsp3) is 0.846. The SMILES string of the molecule is COCCN=C1NC(=O)C2(CCC(C)C(C)C2)N1. The summed E-state index contributed by atoms with van der Waals surface area (Å²) in [6.07, 6.45) is 2.88. The lowest BCUT2D eigenvalue weighted by atomic mass is 9.71. The molecule has 3 atom stereocenters. The van der Waals surface area contributed by atoms with E-state index in [-0.39, 0.29) is 5.91 Å². The molecule has 1 aliphatic heterocycles. The Morgan fingerprint density at radius 3 is 2.89 bits per heavy atom. The van der Waals surface area contributed by atoms with Gasteiger partial charge in [-0.05, 0) is 31.1 Å². The minimum absolute atomic E-state index is 0.0809. The second-order valence-corrected chi connectivity index (χ2v) is 5.58. The molecule has 2 fully saturated rings. The molecule has 2 N–H and O–H groups in total. The molecule has 102 valence electrons. The zero-order valence-electron chi connectivity index (χ0n) is 11.5. The first-order valence-electron chi connectivity index (χ1n) is 6.70. The van der Waals surface area contributed by atoms with E-state index in [2.05, 4.69) is 29.5 Å². The van der Waals surface area contributed by atoms with Gasteiger partial charge in [-0.15, -0.1) is 0 Å². The van der Waals surface area contributed by atoms with Crippen molar-refractivity contribution in [3.8, 4) is 0 Å². The summed E-state index contributed by atoms with van der Waals surface area (Å²) in [5.74, 6) is 1.95. The largest absolute Gasteiger partial charge is 0.383 e. The predicted molar refractivity (Wildman–Crippen MR) is 70.4 cm³/mol. The molecule has 1 aliphatic carbocycles. The van der Waals surface area contributed by atoms with Gasteiger partial charge in [0.05, 0.1) is 13.2 Å². The molecule has 1 heterocycles. The van der Waals surface area contributed by atoms with E-state index >= 15 is 0 Å². The van der Waals surface area contributed by atoms with Crippen LogP contribution < -0.4 is 10.6 Å². The highest BCUT2D eigenvalue weighted by Gasteiger charge is 2.48. The van der Waals surface area contributed by atoms with Gasteiger partial charge in [-0.3, -0.25) is 15.1 Å². The first kappa shape index (κ1) is 13.3. The minimum Gasteiger partial charge on any atom is -0.383 e. The molecular weight excluding hydrogens is 230 g/mol. The van der Waals surface area contributed by atoms with E-state index < -0.39 is 5.54 Å². The van der Waals surface area contributed by atoms with Gasteiger partial charge in [0.15, 0.2) is 5.96 Å². The molecule has 0 aromatic rings. The summed E-state index contributed by atoms with van der Waals surface area (Å²) in [6.45, 7) is 5.63. The Hall–Kier alpha value is -1.10. The molecule has 1 spiro atoms. The smallest absolute Gasteiger partial charge is 0.252 e. The molecule has 3 unspecified atom stereocenters. The van der Waals surface area contributed by atoms with Crippen LogP contribution in [0.25, 0.3) is 0 Å². The lowest BCUT2D eigenvalue weighted by molar-refractivity contribution is -0.126. The highest BCUT2D eigenvalue weighted by atomic mass is 16.5. The van der Waals surface area contributed by atoms with Gasteiger partial charge in [0.1, 0.15) is 5.54 Å². The number of aliphatic imine (C=N–C) groups is 1. The van der Waals surface area contributed by atoms with Crippen LogP contribution in [0.3, 0.4) is 0 Å². The van der Waals surface area contributed by atoms with E-state index in [4.69, 9.17) is 4.74 Å². The number of nitrogens with one attached hydrogen (secondary N) is 2. The van der Waals surface area contributed by atoms with Crippen molar-refractivity contribution >= 4 is 11.9 Å². The summed E-state index contributed by atoms with van der Waals surface area (Å²) < 4.78 is 4.95. The number of nitrogens with zero attached hydrogens (tertiary/aromatic N) is 1. The molecule has 0 aromatic carbocycles. The fourth-order valence-corrected chi connectivity index (χ4v) is 2.80. The molecule has 0 radical (unpaired) electrons. The maximum atomic E-state index is 12.2. The number of amides is 1. The van der Waals surface area contributed by atoms with Gasteiger partial charge in [-0.1, -0.05) is 13.8 Å². The standard InChI is InChI=1S/C13H23N3O2/c1-9-4-5-13(8-10(9)2)11(17)15-12(16-13)14-6-7-18-3/h9-10H,4-8H2,1-3H3,(H2,14,15,16,17). The van der Waals surface area contributed by atoms with Crippen molar-refractivity contribution in [3.05, 3.63) is 0 Å². The zero-order chi connectivity index (χ0) is 13.2. The Kier molecular flexibility index (Phi) is 3.90. The van der Waals surface area contributed by atoms with Gasteiger partial charge in [0, 0.05) is 7.11 Å². The fourth-order valence-electron chi connectivity index (χ4n) is 2.80. The van der Waals surface area contributed by atoms with Crippen molar-refractivity contribution in [3.63, 3.8) is 0 Å². The van der Waals surface area contributed by atoms with Crippen molar-refractivity contribution in [1.82, 2.24) is 10.6 Å². The molecule has 0 aromatic heterocycles. The monoisotopic (exact) mass is 253 g/mol. The van der Waals surface area contributed by atoms with E-state index in [9.17, 15) is 4.79 Å². The molecule has 5 heteroatoms. The molecule has 2 rings (SSSR count). The third-order valence-electron chi connectivity index (χ3n) is 4.26. The van der Waals surface area contributed by atoms with Gasteiger partial charge >= 0.3 is 0 Å². The number of ether oxygens (including phenoxy) is 1. The number of carbonyl (C=O) groups is 1. The van der Waals surface area contributed by atoms with Crippen LogP contribution in [0.4, 0.5) is 0 Å². The summed E-state index contributed by atoms with van der Waals surface area (Å²) in [6, 6.07) is 0. The van der Waals surface area contributed by atoms with Crippen molar-refractivity contribution in [2.24, 2.45) is 16.8 Å². The Balaban J connectivity index is 2.02. The number of hydrogen-bond acceptors (Lipinski definition) is 3. The van der Waals surface area contributed by atoms with E-state index in [1.165, 1.54) is 0 Å². The second-order valence-electron chi connectivity index (χ2n) is 5.58. The summed E-state index contributed by atoms with van der Waals surface area (Å²) in [5.41, 5.74) is -0.419. The Labute approximate surface area is 108 Å². The van der Waals surface area contributed by atoms with Gasteiger partial charge in [0.25, 0.3) is 5.91 Å². The summed E-state index contributed by atoms with van der Waals surface area (Å²) in [5, 5.41) is 6.15. The van der Waals surface area contributed by atoms with Gasteiger partial charge < -0.3 is 10.1 Å². The molecule has 5 nitrogen and oxygen atoms in total. The average molecular weight is 253 g/mol. The number of rotatable bonds is 3. The topological polar surface area (TPSA) is 62.7 Å². The minimum atomic E-state index is -0.419. The second kappa shape index (κ2) is 5.26. The van der Waals surface area contributed by atoms with Crippen LogP contribution in [-0.4, -0.2) is 37.7 Å². The highest BCUT2D eigenvalue weighted by molar-refractivity contribution is 6.09. The Bertz CT molecular complexity index is 356. The van der Waals surface area contributed by atoms with Crippen LogP contribution in [0.5, 0.6) is 0 Å². The number of methoxy groups -OCH3 is 1. The van der Waals surface area contributed by atoms with Crippen LogP contribution in [0.2, 0.25) is 0 Å². The van der Waals surface area contributed by atoms with Crippen LogP contribution in [-0.2, 0) is 9.53 Å². The molecule has 1 saturated carbocycles.